The minimum absolute atomic E-state index is 0.464. The van der Waals surface area contributed by atoms with Gasteiger partial charge in [-0.25, -0.2) is 0 Å². The molecule has 0 spiro atoms. The van der Waals surface area contributed by atoms with E-state index in [1.807, 2.05) is 0 Å². The highest BCUT2D eigenvalue weighted by atomic mass is 14.9. The number of hydrogen-bond donors (Lipinski definition) is 2. The lowest BCUT2D eigenvalue weighted by molar-refractivity contribution is 0.256. The average molecular weight is 246 g/mol. The molecule has 0 saturated heterocycles. The molecule has 1 aliphatic rings. The van der Waals surface area contributed by atoms with E-state index in [4.69, 9.17) is 5.73 Å². The molecule has 0 radical (unpaired) electrons. The second-order valence-corrected chi connectivity index (χ2v) is 5.78. The van der Waals surface area contributed by atoms with Crippen molar-refractivity contribution in [2.24, 2.45) is 11.7 Å². The van der Waals surface area contributed by atoms with Gasteiger partial charge in [-0.05, 0) is 48.8 Å². The van der Waals surface area contributed by atoms with Gasteiger partial charge in [0, 0.05) is 12.6 Å². The van der Waals surface area contributed by atoms with Gasteiger partial charge in [0.15, 0.2) is 0 Å². The molecule has 1 aromatic carbocycles. The van der Waals surface area contributed by atoms with E-state index in [2.05, 4.69) is 43.4 Å². The monoisotopic (exact) mass is 246 g/mol. The highest BCUT2D eigenvalue weighted by Crippen LogP contribution is 2.24. The quantitative estimate of drug-likeness (QED) is 0.809. The van der Waals surface area contributed by atoms with Gasteiger partial charge in [0.2, 0.25) is 0 Å². The van der Waals surface area contributed by atoms with Gasteiger partial charge in [-0.2, -0.15) is 0 Å². The Morgan fingerprint density at radius 3 is 2.50 bits per heavy atom. The van der Waals surface area contributed by atoms with Crippen LogP contribution in [0.2, 0.25) is 0 Å². The van der Waals surface area contributed by atoms with E-state index >= 15 is 0 Å². The smallest absolute Gasteiger partial charge is 0.0205 e. The lowest BCUT2D eigenvalue weighted by Crippen LogP contribution is -2.41. The Labute approximate surface area is 111 Å². The molecule has 1 saturated carbocycles. The third-order valence-corrected chi connectivity index (χ3v) is 4.20. The number of nitrogens with one attached hydrogen (secondary N) is 1. The number of rotatable bonds is 6. The van der Waals surface area contributed by atoms with Crippen molar-refractivity contribution in [3.8, 4) is 0 Å². The molecular formula is C16H26N2. The van der Waals surface area contributed by atoms with Crippen LogP contribution in [0.25, 0.3) is 0 Å². The van der Waals surface area contributed by atoms with E-state index in [0.717, 1.165) is 19.0 Å². The minimum atomic E-state index is 0.464. The zero-order valence-electron chi connectivity index (χ0n) is 11.7. The maximum atomic E-state index is 5.78. The van der Waals surface area contributed by atoms with Crippen molar-refractivity contribution in [2.75, 3.05) is 6.54 Å². The molecule has 100 valence electrons. The van der Waals surface area contributed by atoms with Crippen molar-refractivity contribution in [3.63, 3.8) is 0 Å². The van der Waals surface area contributed by atoms with Crippen LogP contribution < -0.4 is 11.1 Å². The third kappa shape index (κ3) is 3.56. The first kappa shape index (κ1) is 13.6. The van der Waals surface area contributed by atoms with Crippen molar-refractivity contribution < 1.29 is 0 Å². The summed E-state index contributed by atoms with van der Waals surface area (Å²) in [6.07, 6.45) is 3.60. The van der Waals surface area contributed by atoms with Gasteiger partial charge < -0.3 is 11.1 Å². The highest BCUT2D eigenvalue weighted by Gasteiger charge is 2.24. The van der Waals surface area contributed by atoms with Gasteiger partial charge in [0.25, 0.3) is 0 Å². The van der Waals surface area contributed by atoms with Gasteiger partial charge in [0.05, 0.1) is 0 Å². The maximum Gasteiger partial charge on any atom is 0.0205 e. The Morgan fingerprint density at radius 2 is 1.94 bits per heavy atom. The number of hydrogen-bond acceptors (Lipinski definition) is 2. The van der Waals surface area contributed by atoms with Crippen LogP contribution in [0.4, 0.5) is 0 Å². The standard InChI is InChI=1S/C16H26N2/c1-3-12(2)15-6-4-13(5-7-15)10-18-11-14-8-16(17)9-14/h4-7,12,14,16,18H,3,8-11,17H2,1-2H3. The summed E-state index contributed by atoms with van der Waals surface area (Å²) < 4.78 is 0. The SMILES string of the molecule is CCC(C)c1ccc(CNCC2CC(N)C2)cc1. The zero-order chi connectivity index (χ0) is 13.0. The molecule has 0 aromatic heterocycles. The Balaban J connectivity index is 1.73. The van der Waals surface area contributed by atoms with Gasteiger partial charge >= 0.3 is 0 Å². The second kappa shape index (κ2) is 6.35. The fourth-order valence-electron chi connectivity index (χ4n) is 2.57. The summed E-state index contributed by atoms with van der Waals surface area (Å²) in [5, 5.41) is 3.53. The molecule has 18 heavy (non-hydrogen) atoms. The third-order valence-electron chi connectivity index (χ3n) is 4.20. The van der Waals surface area contributed by atoms with Crippen LogP contribution in [0.5, 0.6) is 0 Å². The summed E-state index contributed by atoms with van der Waals surface area (Å²) >= 11 is 0. The summed E-state index contributed by atoms with van der Waals surface area (Å²) in [5.41, 5.74) is 8.61. The van der Waals surface area contributed by atoms with E-state index < -0.39 is 0 Å². The fraction of sp³-hybridized carbons (Fsp3) is 0.625. The summed E-state index contributed by atoms with van der Waals surface area (Å²) in [4.78, 5) is 0. The topological polar surface area (TPSA) is 38.0 Å². The molecule has 1 atom stereocenters. The largest absolute Gasteiger partial charge is 0.328 e. The number of nitrogens with two attached hydrogens (primary N) is 1. The van der Waals surface area contributed by atoms with Gasteiger partial charge in [-0.3, -0.25) is 0 Å². The van der Waals surface area contributed by atoms with Crippen LogP contribution in [0.1, 0.15) is 50.2 Å². The molecule has 0 amide bonds. The molecule has 2 nitrogen and oxygen atoms in total. The Hall–Kier alpha value is -0.860. The Bertz CT molecular complexity index is 352. The van der Waals surface area contributed by atoms with E-state index in [-0.39, 0.29) is 0 Å². The Morgan fingerprint density at radius 1 is 1.28 bits per heavy atom. The predicted octanol–water partition coefficient (Wildman–Crippen LogP) is 3.03. The van der Waals surface area contributed by atoms with E-state index in [1.165, 1.54) is 30.4 Å². The summed E-state index contributed by atoms with van der Waals surface area (Å²) in [6.45, 7) is 6.61. The lowest BCUT2D eigenvalue weighted by Gasteiger charge is -2.32. The van der Waals surface area contributed by atoms with Crippen LogP contribution in [0.3, 0.4) is 0 Å². The minimum Gasteiger partial charge on any atom is -0.328 e. The summed E-state index contributed by atoms with van der Waals surface area (Å²) in [7, 11) is 0. The van der Waals surface area contributed by atoms with Gasteiger partial charge in [-0.1, -0.05) is 38.1 Å². The molecular weight excluding hydrogens is 220 g/mol. The summed E-state index contributed by atoms with van der Waals surface area (Å²) in [6, 6.07) is 9.50. The van der Waals surface area contributed by atoms with Gasteiger partial charge in [0.1, 0.15) is 0 Å². The van der Waals surface area contributed by atoms with Crippen molar-refractivity contribution in [2.45, 2.75) is 51.6 Å². The molecule has 0 bridgehead atoms. The molecule has 1 fully saturated rings. The van der Waals surface area contributed by atoms with Crippen molar-refractivity contribution in [1.29, 1.82) is 0 Å². The normalized spacial score (nSPS) is 24.6. The molecule has 3 N–H and O–H groups in total. The average Bonchev–Trinajstić information content (AvgIpc) is 2.36. The van der Waals surface area contributed by atoms with E-state index in [0.29, 0.717) is 12.0 Å². The first-order valence-electron chi connectivity index (χ1n) is 7.24. The molecule has 0 aliphatic heterocycles. The zero-order valence-corrected chi connectivity index (χ0v) is 11.7. The first-order valence-corrected chi connectivity index (χ1v) is 7.24. The van der Waals surface area contributed by atoms with Crippen LogP contribution >= 0.6 is 0 Å². The molecule has 1 aliphatic carbocycles. The Kier molecular flexibility index (Phi) is 4.79. The highest BCUT2D eigenvalue weighted by molar-refractivity contribution is 5.24. The molecule has 1 aromatic rings. The van der Waals surface area contributed by atoms with Crippen LogP contribution in [0, 0.1) is 5.92 Å². The molecule has 2 rings (SSSR count). The first-order chi connectivity index (χ1) is 8.69. The molecule has 1 unspecified atom stereocenters. The van der Waals surface area contributed by atoms with Crippen LogP contribution in [-0.2, 0) is 6.54 Å². The number of benzene rings is 1. The maximum absolute atomic E-state index is 5.78. The van der Waals surface area contributed by atoms with Crippen LogP contribution in [-0.4, -0.2) is 12.6 Å². The fourth-order valence-corrected chi connectivity index (χ4v) is 2.57. The van der Waals surface area contributed by atoms with Crippen molar-refractivity contribution in [1.82, 2.24) is 5.32 Å². The summed E-state index contributed by atoms with van der Waals surface area (Å²) in [5.74, 6) is 1.47. The van der Waals surface area contributed by atoms with Crippen LogP contribution in [0.15, 0.2) is 24.3 Å². The molecule has 0 heterocycles. The van der Waals surface area contributed by atoms with Crippen molar-refractivity contribution in [3.05, 3.63) is 35.4 Å². The van der Waals surface area contributed by atoms with Crippen molar-refractivity contribution >= 4 is 0 Å². The van der Waals surface area contributed by atoms with Gasteiger partial charge in [-0.15, -0.1) is 0 Å². The van der Waals surface area contributed by atoms with E-state index in [9.17, 15) is 0 Å². The molecule has 2 heteroatoms. The predicted molar refractivity (Wildman–Crippen MR) is 77.6 cm³/mol. The second-order valence-electron chi connectivity index (χ2n) is 5.78. The lowest BCUT2D eigenvalue weighted by atomic mass is 9.81. The van der Waals surface area contributed by atoms with E-state index in [1.54, 1.807) is 0 Å².